The van der Waals surface area contributed by atoms with Gasteiger partial charge in [0.15, 0.2) is 0 Å². The molecule has 0 aromatic rings. The largest absolute Gasteiger partial charge is 0.386 e. The summed E-state index contributed by atoms with van der Waals surface area (Å²) in [6.45, 7) is 4.12. The third-order valence-electron chi connectivity index (χ3n) is 4.10. The predicted molar refractivity (Wildman–Crippen MR) is 66.7 cm³/mol. The quantitative estimate of drug-likeness (QED) is 0.767. The molecule has 2 heterocycles. The smallest absolute Gasteiger partial charge is 0.222 e. The third-order valence-corrected chi connectivity index (χ3v) is 4.10. The minimum Gasteiger partial charge on any atom is -0.386 e. The molecule has 2 rings (SSSR count). The maximum absolute atomic E-state index is 11.9. The van der Waals surface area contributed by atoms with Gasteiger partial charge in [-0.3, -0.25) is 4.79 Å². The zero-order valence-electron chi connectivity index (χ0n) is 10.7. The summed E-state index contributed by atoms with van der Waals surface area (Å²) in [6, 6.07) is 0.527. The summed E-state index contributed by atoms with van der Waals surface area (Å²) in [6.07, 6.45) is 6.05. The number of aliphatic hydroxyl groups is 1. The molecule has 4 nitrogen and oxygen atoms in total. The van der Waals surface area contributed by atoms with Crippen LogP contribution in [0.15, 0.2) is 0 Å². The summed E-state index contributed by atoms with van der Waals surface area (Å²) >= 11 is 0. The van der Waals surface area contributed by atoms with E-state index in [2.05, 4.69) is 5.32 Å². The van der Waals surface area contributed by atoms with E-state index in [0.717, 1.165) is 19.4 Å². The zero-order chi connectivity index (χ0) is 12.3. The fraction of sp³-hybridized carbons (Fsp3) is 0.923. The van der Waals surface area contributed by atoms with Gasteiger partial charge in [0.2, 0.25) is 5.91 Å². The van der Waals surface area contributed by atoms with E-state index in [0.29, 0.717) is 25.6 Å². The van der Waals surface area contributed by atoms with Crippen molar-refractivity contribution in [2.24, 2.45) is 0 Å². The summed E-state index contributed by atoms with van der Waals surface area (Å²) in [5, 5.41) is 13.3. The molecule has 1 atom stereocenters. The first-order valence-electron chi connectivity index (χ1n) is 6.86. The van der Waals surface area contributed by atoms with Gasteiger partial charge in [0.1, 0.15) is 0 Å². The molecule has 0 saturated carbocycles. The molecule has 0 aromatic heterocycles. The number of hydrogen-bond acceptors (Lipinski definition) is 3. The van der Waals surface area contributed by atoms with Gasteiger partial charge < -0.3 is 15.3 Å². The van der Waals surface area contributed by atoms with Crippen molar-refractivity contribution in [2.45, 2.75) is 57.1 Å². The Morgan fingerprint density at radius 1 is 1.47 bits per heavy atom. The highest BCUT2D eigenvalue weighted by atomic mass is 16.3. The van der Waals surface area contributed by atoms with Crippen LogP contribution < -0.4 is 5.32 Å². The standard InChI is InChI=1S/C13H24N2O2/c1-2-13(17)9-15(10-13)12(16)7-6-11-5-3-4-8-14-11/h11,14,17H,2-10H2,1H3. The number of nitrogens with zero attached hydrogens (tertiary/aromatic N) is 1. The van der Waals surface area contributed by atoms with Crippen molar-refractivity contribution in [3.05, 3.63) is 0 Å². The van der Waals surface area contributed by atoms with Crippen LogP contribution in [0.25, 0.3) is 0 Å². The number of β-amino-alcohol motifs (C(OH)–C–C–N with tert-alkyl or cyclic N) is 1. The number of carbonyl (C=O) groups excluding carboxylic acids is 1. The number of likely N-dealkylation sites (tertiary alicyclic amines) is 1. The van der Waals surface area contributed by atoms with Crippen molar-refractivity contribution in [3.8, 4) is 0 Å². The summed E-state index contributed by atoms with van der Waals surface area (Å²) in [5.74, 6) is 0.204. The molecule has 1 amide bonds. The molecular formula is C13H24N2O2. The highest BCUT2D eigenvalue weighted by molar-refractivity contribution is 5.77. The van der Waals surface area contributed by atoms with E-state index in [-0.39, 0.29) is 5.91 Å². The fourth-order valence-corrected chi connectivity index (χ4v) is 2.69. The summed E-state index contributed by atoms with van der Waals surface area (Å²) < 4.78 is 0. The van der Waals surface area contributed by atoms with Crippen LogP contribution in [0.5, 0.6) is 0 Å². The van der Waals surface area contributed by atoms with Gasteiger partial charge in [0, 0.05) is 12.5 Å². The Balaban J connectivity index is 1.65. The molecular weight excluding hydrogens is 216 g/mol. The molecule has 0 aromatic carbocycles. The highest BCUT2D eigenvalue weighted by Crippen LogP contribution is 2.25. The molecule has 2 N–H and O–H groups in total. The van der Waals surface area contributed by atoms with Crippen molar-refractivity contribution in [3.63, 3.8) is 0 Å². The lowest BCUT2D eigenvalue weighted by Crippen LogP contribution is -2.63. The fourth-order valence-electron chi connectivity index (χ4n) is 2.69. The Morgan fingerprint density at radius 3 is 2.82 bits per heavy atom. The van der Waals surface area contributed by atoms with Crippen LogP contribution in [0.3, 0.4) is 0 Å². The van der Waals surface area contributed by atoms with Crippen molar-refractivity contribution >= 4 is 5.91 Å². The first-order chi connectivity index (χ1) is 8.13. The Kier molecular flexibility index (Phi) is 4.05. The lowest BCUT2D eigenvalue weighted by Gasteiger charge is -2.46. The van der Waals surface area contributed by atoms with Crippen LogP contribution in [0, 0.1) is 0 Å². The molecule has 2 saturated heterocycles. The highest BCUT2D eigenvalue weighted by Gasteiger charge is 2.41. The van der Waals surface area contributed by atoms with Gasteiger partial charge in [-0.05, 0) is 32.2 Å². The van der Waals surface area contributed by atoms with Gasteiger partial charge in [-0.1, -0.05) is 13.3 Å². The molecule has 98 valence electrons. The molecule has 2 aliphatic heterocycles. The molecule has 4 heteroatoms. The average Bonchev–Trinajstić information content (AvgIpc) is 2.33. The second-order valence-corrected chi connectivity index (χ2v) is 5.51. The number of hydrogen-bond donors (Lipinski definition) is 2. The maximum atomic E-state index is 11.9. The monoisotopic (exact) mass is 240 g/mol. The molecule has 0 aliphatic carbocycles. The lowest BCUT2D eigenvalue weighted by atomic mass is 9.90. The van der Waals surface area contributed by atoms with Gasteiger partial charge >= 0.3 is 0 Å². The van der Waals surface area contributed by atoms with Crippen LogP contribution in [-0.4, -0.2) is 47.2 Å². The minimum absolute atomic E-state index is 0.204. The third kappa shape index (κ3) is 3.19. The van der Waals surface area contributed by atoms with Crippen molar-refractivity contribution in [2.75, 3.05) is 19.6 Å². The predicted octanol–water partition coefficient (Wildman–Crippen LogP) is 0.892. The van der Waals surface area contributed by atoms with Gasteiger partial charge in [-0.2, -0.15) is 0 Å². The molecule has 0 bridgehead atoms. The number of carbonyl (C=O) groups is 1. The zero-order valence-corrected chi connectivity index (χ0v) is 10.7. The van der Waals surface area contributed by atoms with Crippen molar-refractivity contribution in [1.82, 2.24) is 10.2 Å². The Hall–Kier alpha value is -0.610. The van der Waals surface area contributed by atoms with Gasteiger partial charge in [-0.25, -0.2) is 0 Å². The van der Waals surface area contributed by atoms with Crippen molar-refractivity contribution < 1.29 is 9.90 Å². The summed E-state index contributed by atoms with van der Waals surface area (Å²) in [5.41, 5.74) is -0.598. The van der Waals surface area contributed by atoms with E-state index in [1.807, 2.05) is 6.92 Å². The van der Waals surface area contributed by atoms with E-state index < -0.39 is 5.60 Å². The van der Waals surface area contributed by atoms with E-state index in [1.54, 1.807) is 4.90 Å². The van der Waals surface area contributed by atoms with E-state index >= 15 is 0 Å². The van der Waals surface area contributed by atoms with E-state index in [4.69, 9.17) is 0 Å². The topological polar surface area (TPSA) is 52.6 Å². The number of rotatable bonds is 4. The molecule has 2 aliphatic rings. The summed E-state index contributed by atoms with van der Waals surface area (Å²) in [7, 11) is 0. The van der Waals surface area contributed by atoms with E-state index in [9.17, 15) is 9.90 Å². The molecule has 0 radical (unpaired) electrons. The maximum Gasteiger partial charge on any atom is 0.222 e. The van der Waals surface area contributed by atoms with Gasteiger partial charge in [0.25, 0.3) is 0 Å². The Labute approximate surface area is 103 Å². The van der Waals surface area contributed by atoms with Crippen LogP contribution in [0.2, 0.25) is 0 Å². The van der Waals surface area contributed by atoms with Crippen molar-refractivity contribution in [1.29, 1.82) is 0 Å². The van der Waals surface area contributed by atoms with Gasteiger partial charge in [-0.15, -0.1) is 0 Å². The summed E-state index contributed by atoms with van der Waals surface area (Å²) in [4.78, 5) is 13.6. The van der Waals surface area contributed by atoms with E-state index in [1.165, 1.54) is 19.3 Å². The first kappa shape index (κ1) is 12.8. The number of piperidine rings is 1. The molecule has 1 unspecified atom stereocenters. The minimum atomic E-state index is -0.598. The molecule has 0 spiro atoms. The second-order valence-electron chi connectivity index (χ2n) is 5.51. The van der Waals surface area contributed by atoms with Crippen LogP contribution >= 0.6 is 0 Å². The Morgan fingerprint density at radius 2 is 2.24 bits per heavy atom. The Bertz CT molecular complexity index is 269. The first-order valence-corrected chi connectivity index (χ1v) is 6.86. The molecule has 17 heavy (non-hydrogen) atoms. The number of amides is 1. The normalized spacial score (nSPS) is 27.6. The van der Waals surface area contributed by atoms with Gasteiger partial charge in [0.05, 0.1) is 18.7 Å². The second kappa shape index (κ2) is 5.36. The lowest BCUT2D eigenvalue weighted by molar-refractivity contribution is -0.155. The van der Waals surface area contributed by atoms with Crippen LogP contribution in [-0.2, 0) is 4.79 Å². The van der Waals surface area contributed by atoms with Crippen LogP contribution in [0.1, 0.15) is 45.4 Å². The molecule has 2 fully saturated rings. The average molecular weight is 240 g/mol. The number of nitrogens with one attached hydrogen (secondary N) is 1. The van der Waals surface area contributed by atoms with Crippen LogP contribution in [0.4, 0.5) is 0 Å². The SMILES string of the molecule is CCC1(O)CN(C(=O)CCC2CCCCN2)C1.